The van der Waals surface area contributed by atoms with E-state index in [4.69, 9.17) is 0 Å². The summed E-state index contributed by atoms with van der Waals surface area (Å²) in [6.45, 7) is 5.37. The second-order valence-corrected chi connectivity index (χ2v) is 4.83. The van der Waals surface area contributed by atoms with Gasteiger partial charge >= 0.3 is 0 Å². The van der Waals surface area contributed by atoms with E-state index in [1.54, 1.807) is 0 Å². The molecule has 0 aromatic carbocycles. The first kappa shape index (κ1) is 10.9. The van der Waals surface area contributed by atoms with Crippen LogP contribution in [0.1, 0.15) is 19.0 Å². The number of aromatic nitrogens is 2. The van der Waals surface area contributed by atoms with Gasteiger partial charge in [0.1, 0.15) is 0 Å². The third kappa shape index (κ3) is 2.14. The Balaban J connectivity index is 2.23. The summed E-state index contributed by atoms with van der Waals surface area (Å²) in [5.74, 6) is 1.59. The smallest absolute Gasteiger partial charge is 0.225 e. The van der Waals surface area contributed by atoms with Crippen LogP contribution in [-0.2, 0) is 0 Å². The second-order valence-electron chi connectivity index (χ2n) is 4.18. The highest BCUT2D eigenvalue weighted by Gasteiger charge is 2.31. The van der Waals surface area contributed by atoms with Gasteiger partial charge in [0, 0.05) is 29.8 Å². The number of aryl methyl sites for hydroxylation is 1. The Hall–Kier alpha value is -0.640. The van der Waals surface area contributed by atoms with Crippen molar-refractivity contribution in [2.75, 3.05) is 16.8 Å². The molecule has 0 aliphatic carbocycles. The maximum atomic E-state index is 4.48. The van der Waals surface area contributed by atoms with Crippen molar-refractivity contribution in [3.05, 3.63) is 18.0 Å². The van der Waals surface area contributed by atoms with E-state index in [-0.39, 0.29) is 0 Å². The zero-order valence-corrected chi connectivity index (χ0v) is 10.7. The van der Waals surface area contributed by atoms with E-state index < -0.39 is 0 Å². The van der Waals surface area contributed by atoms with Gasteiger partial charge in [-0.3, -0.25) is 0 Å². The van der Waals surface area contributed by atoms with Gasteiger partial charge in [0.15, 0.2) is 0 Å². The van der Waals surface area contributed by atoms with Crippen LogP contribution in [0, 0.1) is 12.8 Å². The van der Waals surface area contributed by atoms with Crippen molar-refractivity contribution >= 4 is 21.9 Å². The number of alkyl halides is 1. The van der Waals surface area contributed by atoms with E-state index in [9.17, 15) is 0 Å². The average Bonchev–Trinajstić information content (AvgIpc) is 2.59. The lowest BCUT2D eigenvalue weighted by atomic mass is 10.1. The van der Waals surface area contributed by atoms with Gasteiger partial charge in [-0.1, -0.05) is 22.9 Å². The molecular weight excluding hydrogens is 254 g/mol. The Morgan fingerprint density at radius 3 is 3.07 bits per heavy atom. The Kier molecular flexibility index (Phi) is 3.24. The third-order valence-electron chi connectivity index (χ3n) is 3.08. The zero-order valence-electron chi connectivity index (χ0n) is 9.15. The third-order valence-corrected chi connectivity index (χ3v) is 3.74. The molecule has 1 aliphatic heterocycles. The zero-order chi connectivity index (χ0) is 10.8. The first-order chi connectivity index (χ1) is 7.22. The van der Waals surface area contributed by atoms with E-state index in [1.165, 1.54) is 6.42 Å². The van der Waals surface area contributed by atoms with Crippen molar-refractivity contribution in [1.29, 1.82) is 0 Å². The van der Waals surface area contributed by atoms with E-state index in [0.29, 0.717) is 12.0 Å². The van der Waals surface area contributed by atoms with Crippen LogP contribution in [0.15, 0.2) is 12.3 Å². The summed E-state index contributed by atoms with van der Waals surface area (Å²) in [6.07, 6.45) is 3.07. The highest BCUT2D eigenvalue weighted by Crippen LogP contribution is 2.28. The van der Waals surface area contributed by atoms with Crippen LogP contribution in [0.5, 0.6) is 0 Å². The van der Waals surface area contributed by atoms with Crippen molar-refractivity contribution in [1.82, 2.24) is 9.97 Å². The molecule has 1 saturated heterocycles. The molecule has 1 aromatic rings. The quantitative estimate of drug-likeness (QED) is 0.773. The number of anilines is 1. The molecule has 1 fully saturated rings. The van der Waals surface area contributed by atoms with E-state index in [1.807, 2.05) is 19.2 Å². The maximum absolute atomic E-state index is 4.48. The molecule has 2 atom stereocenters. The Morgan fingerprint density at radius 1 is 1.60 bits per heavy atom. The van der Waals surface area contributed by atoms with Crippen LogP contribution in [0.2, 0.25) is 0 Å². The predicted octanol–water partition coefficient (Wildman–Crippen LogP) is 2.39. The molecule has 2 rings (SSSR count). The molecule has 0 N–H and O–H groups in total. The topological polar surface area (TPSA) is 29.0 Å². The molecule has 0 spiro atoms. The normalized spacial score (nSPS) is 25.9. The number of hydrogen-bond acceptors (Lipinski definition) is 3. The molecule has 82 valence electrons. The van der Waals surface area contributed by atoms with Crippen LogP contribution in [0.25, 0.3) is 0 Å². The lowest BCUT2D eigenvalue weighted by Crippen LogP contribution is -2.34. The van der Waals surface area contributed by atoms with Gasteiger partial charge in [0.2, 0.25) is 5.95 Å². The number of hydrogen-bond donors (Lipinski definition) is 0. The average molecular weight is 270 g/mol. The van der Waals surface area contributed by atoms with Gasteiger partial charge < -0.3 is 4.90 Å². The van der Waals surface area contributed by atoms with E-state index in [0.717, 1.165) is 23.5 Å². The minimum Gasteiger partial charge on any atom is -0.337 e. The summed E-state index contributed by atoms with van der Waals surface area (Å²) in [5, 5.41) is 0.992. The molecule has 0 saturated carbocycles. The summed E-state index contributed by atoms with van der Waals surface area (Å²) in [4.78, 5) is 11.1. The maximum Gasteiger partial charge on any atom is 0.225 e. The summed E-state index contributed by atoms with van der Waals surface area (Å²) >= 11 is 3.58. The molecule has 4 heteroatoms. The molecule has 1 aliphatic rings. The van der Waals surface area contributed by atoms with Crippen LogP contribution in [0.3, 0.4) is 0 Å². The largest absolute Gasteiger partial charge is 0.337 e. The van der Waals surface area contributed by atoms with E-state index >= 15 is 0 Å². The monoisotopic (exact) mass is 269 g/mol. The predicted molar refractivity (Wildman–Crippen MR) is 65.5 cm³/mol. The Labute approximate surface area is 99.0 Å². The van der Waals surface area contributed by atoms with Crippen LogP contribution < -0.4 is 4.90 Å². The first-order valence-corrected chi connectivity index (χ1v) is 6.46. The molecule has 15 heavy (non-hydrogen) atoms. The molecule has 1 aromatic heterocycles. The minimum absolute atomic E-state index is 0.534. The molecular formula is C11H16BrN3. The lowest BCUT2D eigenvalue weighted by Gasteiger charge is -2.25. The van der Waals surface area contributed by atoms with Gasteiger partial charge in [-0.15, -0.1) is 0 Å². The van der Waals surface area contributed by atoms with Gasteiger partial charge in [-0.2, -0.15) is 0 Å². The summed E-state index contributed by atoms with van der Waals surface area (Å²) < 4.78 is 0. The molecule has 0 bridgehead atoms. The Morgan fingerprint density at radius 2 is 2.40 bits per heavy atom. The van der Waals surface area contributed by atoms with Crippen molar-refractivity contribution < 1.29 is 0 Å². The first-order valence-electron chi connectivity index (χ1n) is 5.34. The van der Waals surface area contributed by atoms with Crippen molar-refractivity contribution in [2.24, 2.45) is 5.92 Å². The van der Waals surface area contributed by atoms with Crippen LogP contribution >= 0.6 is 15.9 Å². The van der Waals surface area contributed by atoms with Gasteiger partial charge in [0.25, 0.3) is 0 Å². The molecule has 3 nitrogen and oxygen atoms in total. The highest BCUT2D eigenvalue weighted by molar-refractivity contribution is 9.09. The molecule has 2 heterocycles. The molecule has 0 amide bonds. The summed E-state index contributed by atoms with van der Waals surface area (Å²) in [5.41, 5.74) is 1.04. The fourth-order valence-electron chi connectivity index (χ4n) is 2.07. The van der Waals surface area contributed by atoms with E-state index in [2.05, 4.69) is 37.7 Å². The number of nitrogens with zero attached hydrogens (tertiary/aromatic N) is 3. The van der Waals surface area contributed by atoms with Crippen LogP contribution in [-0.4, -0.2) is 27.9 Å². The molecule has 2 unspecified atom stereocenters. The summed E-state index contributed by atoms with van der Waals surface area (Å²) in [6, 6.07) is 2.47. The minimum atomic E-state index is 0.534. The Bertz CT molecular complexity index is 342. The van der Waals surface area contributed by atoms with Gasteiger partial charge in [-0.25, -0.2) is 9.97 Å². The fraction of sp³-hybridized carbons (Fsp3) is 0.636. The van der Waals surface area contributed by atoms with Crippen molar-refractivity contribution in [3.8, 4) is 0 Å². The molecule has 0 radical (unpaired) electrons. The standard InChI is InChI=1S/C11H16BrN3/c1-8-4-6-15(10(8)7-12)11-13-5-3-9(2)14-11/h3,5,8,10H,4,6-7H2,1-2H3. The fourth-order valence-corrected chi connectivity index (χ4v) is 3.05. The van der Waals surface area contributed by atoms with Gasteiger partial charge in [-0.05, 0) is 25.3 Å². The van der Waals surface area contributed by atoms with Crippen LogP contribution in [0.4, 0.5) is 5.95 Å². The van der Waals surface area contributed by atoms with Crippen molar-refractivity contribution in [2.45, 2.75) is 26.3 Å². The highest BCUT2D eigenvalue weighted by atomic mass is 79.9. The lowest BCUT2D eigenvalue weighted by molar-refractivity contribution is 0.551. The van der Waals surface area contributed by atoms with Gasteiger partial charge in [0.05, 0.1) is 0 Å². The number of rotatable bonds is 2. The SMILES string of the molecule is Cc1ccnc(N2CCC(C)C2CBr)n1. The summed E-state index contributed by atoms with van der Waals surface area (Å²) in [7, 11) is 0. The second kappa shape index (κ2) is 4.47. The number of halogens is 1. The van der Waals surface area contributed by atoms with Crippen molar-refractivity contribution in [3.63, 3.8) is 0 Å².